The molecule has 8 nitrogen and oxygen atoms in total. The maximum Gasteiger partial charge on any atom is 0.410 e. The van der Waals surface area contributed by atoms with Crippen molar-refractivity contribution in [1.82, 2.24) is 10.2 Å². The summed E-state index contributed by atoms with van der Waals surface area (Å²) in [6.07, 6.45) is 1.13. The minimum Gasteiger partial charge on any atom is -0.496 e. The summed E-state index contributed by atoms with van der Waals surface area (Å²) in [5.74, 6) is -0.328. The van der Waals surface area contributed by atoms with Crippen LogP contribution in [0, 0.1) is 0 Å². The molecule has 1 N–H and O–H groups in total. The first kappa shape index (κ1) is 26.3. The van der Waals surface area contributed by atoms with Gasteiger partial charge in [0, 0.05) is 7.05 Å². The second kappa shape index (κ2) is 11.6. The van der Waals surface area contributed by atoms with E-state index >= 15 is 0 Å². The van der Waals surface area contributed by atoms with Gasteiger partial charge in [-0.05, 0) is 56.9 Å². The minimum absolute atomic E-state index is 0.421. The molecule has 0 aliphatic carbocycles. The molecule has 8 heteroatoms. The van der Waals surface area contributed by atoms with Gasteiger partial charge >= 0.3 is 12.1 Å². The van der Waals surface area contributed by atoms with Crippen LogP contribution in [-0.2, 0) is 25.5 Å². The molecule has 0 saturated heterocycles. The van der Waals surface area contributed by atoms with E-state index in [1.54, 1.807) is 40.0 Å². The standard InChI is InChI=1S/C23H36N2O6/c1-9-11-17(21(27)30-8)24-20(26)19(25(6)22(28)31-23(3,4)5)16-12-13-18(29-7)15(10-2)14-16/h12-14,17,19H,9-11H2,1-8H3,(H,24,26). The van der Waals surface area contributed by atoms with Gasteiger partial charge in [-0.25, -0.2) is 9.59 Å². The molecule has 0 aliphatic rings. The second-order valence-electron chi connectivity index (χ2n) is 8.29. The number of nitrogens with zero attached hydrogens (tertiary/aromatic N) is 1. The number of esters is 1. The van der Waals surface area contributed by atoms with Crippen molar-refractivity contribution in [3.8, 4) is 5.75 Å². The van der Waals surface area contributed by atoms with Crippen LogP contribution in [0.1, 0.15) is 64.6 Å². The van der Waals surface area contributed by atoms with Crippen molar-refractivity contribution in [2.75, 3.05) is 21.3 Å². The molecule has 0 spiro atoms. The third-order valence-electron chi connectivity index (χ3n) is 4.70. The number of carbonyl (C=O) groups excluding carboxylic acids is 3. The fraction of sp³-hybridized carbons (Fsp3) is 0.609. The predicted octanol–water partition coefficient (Wildman–Crippen LogP) is 3.62. The highest BCUT2D eigenvalue weighted by Gasteiger charge is 2.34. The van der Waals surface area contributed by atoms with Gasteiger partial charge in [0.05, 0.1) is 14.2 Å². The lowest BCUT2D eigenvalue weighted by Crippen LogP contribution is -2.48. The van der Waals surface area contributed by atoms with Gasteiger partial charge in [-0.1, -0.05) is 26.3 Å². The summed E-state index contributed by atoms with van der Waals surface area (Å²) in [5.41, 5.74) is 0.759. The van der Waals surface area contributed by atoms with E-state index in [2.05, 4.69) is 5.32 Å². The summed E-state index contributed by atoms with van der Waals surface area (Å²) in [6, 6.07) is 3.52. The van der Waals surface area contributed by atoms with Crippen LogP contribution in [-0.4, -0.2) is 55.8 Å². The Bertz CT molecular complexity index is 772. The number of aryl methyl sites for hydroxylation is 1. The van der Waals surface area contributed by atoms with Crippen LogP contribution in [0.2, 0.25) is 0 Å². The van der Waals surface area contributed by atoms with Crippen LogP contribution in [0.5, 0.6) is 5.75 Å². The van der Waals surface area contributed by atoms with Crippen LogP contribution in [0.4, 0.5) is 4.79 Å². The van der Waals surface area contributed by atoms with Crippen molar-refractivity contribution < 1.29 is 28.6 Å². The first-order chi connectivity index (χ1) is 14.5. The zero-order valence-corrected chi connectivity index (χ0v) is 19.9. The van der Waals surface area contributed by atoms with E-state index < -0.39 is 35.7 Å². The topological polar surface area (TPSA) is 94.2 Å². The molecule has 2 atom stereocenters. The highest BCUT2D eigenvalue weighted by molar-refractivity contribution is 5.90. The molecule has 1 aromatic rings. The van der Waals surface area contributed by atoms with Crippen molar-refractivity contribution in [3.05, 3.63) is 29.3 Å². The third kappa shape index (κ3) is 7.45. The Kier molecular flexibility index (Phi) is 9.81. The normalized spacial score (nSPS) is 13.0. The van der Waals surface area contributed by atoms with Crippen LogP contribution in [0.3, 0.4) is 0 Å². The first-order valence-electron chi connectivity index (χ1n) is 10.5. The zero-order valence-electron chi connectivity index (χ0n) is 19.9. The molecule has 0 aromatic heterocycles. The van der Waals surface area contributed by atoms with E-state index in [0.717, 1.165) is 5.56 Å². The molecule has 2 amide bonds. The monoisotopic (exact) mass is 436 g/mol. The summed E-state index contributed by atoms with van der Waals surface area (Å²) in [5, 5.41) is 2.74. The number of amides is 2. The van der Waals surface area contributed by atoms with E-state index in [4.69, 9.17) is 14.2 Å². The summed E-state index contributed by atoms with van der Waals surface area (Å²) >= 11 is 0. The minimum atomic E-state index is -1.00. The molecule has 0 fully saturated rings. The van der Waals surface area contributed by atoms with E-state index in [-0.39, 0.29) is 0 Å². The van der Waals surface area contributed by atoms with E-state index in [0.29, 0.717) is 30.6 Å². The lowest BCUT2D eigenvalue weighted by Gasteiger charge is -2.31. The smallest absolute Gasteiger partial charge is 0.410 e. The number of benzene rings is 1. The van der Waals surface area contributed by atoms with Gasteiger partial charge in [0.2, 0.25) is 5.91 Å². The number of ether oxygens (including phenoxy) is 3. The Hall–Kier alpha value is -2.77. The molecule has 31 heavy (non-hydrogen) atoms. The van der Waals surface area contributed by atoms with Gasteiger partial charge in [-0.2, -0.15) is 0 Å². The molecular weight excluding hydrogens is 400 g/mol. The fourth-order valence-electron chi connectivity index (χ4n) is 3.17. The highest BCUT2D eigenvalue weighted by Crippen LogP contribution is 2.28. The van der Waals surface area contributed by atoms with E-state index in [1.165, 1.54) is 19.1 Å². The van der Waals surface area contributed by atoms with Gasteiger partial charge in [-0.3, -0.25) is 9.69 Å². The maximum atomic E-state index is 13.3. The molecule has 174 valence electrons. The maximum absolute atomic E-state index is 13.3. The van der Waals surface area contributed by atoms with Gasteiger partial charge in [-0.15, -0.1) is 0 Å². The molecule has 1 rings (SSSR count). The largest absolute Gasteiger partial charge is 0.496 e. The highest BCUT2D eigenvalue weighted by atomic mass is 16.6. The summed E-state index contributed by atoms with van der Waals surface area (Å²) in [6.45, 7) is 9.15. The second-order valence-corrected chi connectivity index (χ2v) is 8.29. The Balaban J connectivity index is 3.37. The van der Waals surface area contributed by atoms with Gasteiger partial charge < -0.3 is 19.5 Å². The van der Waals surface area contributed by atoms with Crippen molar-refractivity contribution in [1.29, 1.82) is 0 Å². The average Bonchev–Trinajstić information content (AvgIpc) is 2.71. The van der Waals surface area contributed by atoms with E-state index in [1.807, 2.05) is 19.9 Å². The molecule has 0 heterocycles. The fourth-order valence-corrected chi connectivity index (χ4v) is 3.17. The van der Waals surface area contributed by atoms with E-state index in [9.17, 15) is 14.4 Å². The molecule has 0 aliphatic heterocycles. The Labute approximate surface area is 185 Å². The molecule has 0 bridgehead atoms. The molecule has 0 saturated carbocycles. The number of hydrogen-bond acceptors (Lipinski definition) is 6. The van der Waals surface area contributed by atoms with Crippen molar-refractivity contribution in [2.45, 2.75) is 71.6 Å². The van der Waals surface area contributed by atoms with Crippen LogP contribution in [0.15, 0.2) is 18.2 Å². The average molecular weight is 437 g/mol. The summed E-state index contributed by atoms with van der Waals surface area (Å²) in [4.78, 5) is 39.4. The number of nitrogens with one attached hydrogen (secondary N) is 1. The number of carbonyl (C=O) groups is 3. The summed E-state index contributed by atoms with van der Waals surface area (Å²) in [7, 11) is 4.36. The lowest BCUT2D eigenvalue weighted by atomic mass is 9.99. The van der Waals surface area contributed by atoms with Gasteiger partial charge in [0.1, 0.15) is 23.4 Å². The molecule has 1 aromatic carbocycles. The molecule has 0 radical (unpaired) electrons. The molecule has 2 unspecified atom stereocenters. The van der Waals surface area contributed by atoms with Crippen LogP contribution in [0.25, 0.3) is 0 Å². The summed E-state index contributed by atoms with van der Waals surface area (Å²) < 4.78 is 15.7. The Morgan fingerprint density at radius 2 is 1.77 bits per heavy atom. The zero-order chi connectivity index (χ0) is 23.8. The SMILES string of the molecule is CCCC(NC(=O)C(c1ccc(OC)c(CC)c1)N(C)C(=O)OC(C)(C)C)C(=O)OC. The first-order valence-corrected chi connectivity index (χ1v) is 10.5. The quantitative estimate of drug-likeness (QED) is 0.594. The number of rotatable bonds is 9. The van der Waals surface area contributed by atoms with Crippen molar-refractivity contribution >= 4 is 18.0 Å². The van der Waals surface area contributed by atoms with Crippen LogP contribution >= 0.6 is 0 Å². The van der Waals surface area contributed by atoms with Crippen LogP contribution < -0.4 is 10.1 Å². The van der Waals surface area contributed by atoms with Crippen molar-refractivity contribution in [3.63, 3.8) is 0 Å². The lowest BCUT2D eigenvalue weighted by molar-refractivity contribution is -0.146. The molecular formula is C23H36N2O6. The third-order valence-corrected chi connectivity index (χ3v) is 4.70. The van der Waals surface area contributed by atoms with Gasteiger partial charge in [0.25, 0.3) is 0 Å². The Morgan fingerprint density at radius 3 is 2.26 bits per heavy atom. The number of methoxy groups -OCH3 is 2. The Morgan fingerprint density at radius 1 is 1.13 bits per heavy atom. The predicted molar refractivity (Wildman–Crippen MR) is 118 cm³/mol. The number of hydrogen-bond donors (Lipinski definition) is 1. The van der Waals surface area contributed by atoms with Gasteiger partial charge in [0.15, 0.2) is 0 Å². The number of likely N-dealkylation sites (N-methyl/N-ethyl adjacent to an activating group) is 1. The van der Waals surface area contributed by atoms with Crippen molar-refractivity contribution in [2.24, 2.45) is 0 Å².